The Hall–Kier alpha value is -3.35. The number of amides is 2. The zero-order chi connectivity index (χ0) is 26.3. The van der Waals surface area contributed by atoms with Gasteiger partial charge in [0.05, 0.1) is 12.7 Å². The molecule has 1 aliphatic heterocycles. The van der Waals surface area contributed by atoms with Crippen molar-refractivity contribution in [2.75, 3.05) is 12.4 Å². The minimum atomic E-state index is -4.95. The molecule has 3 N–H and O–H groups in total. The molecule has 4 atom stereocenters. The van der Waals surface area contributed by atoms with Crippen molar-refractivity contribution < 1.29 is 45.4 Å². The second-order valence-corrected chi connectivity index (χ2v) is 8.17. The SMILES string of the molecule is COc1c([C@@H]2[C@@H](C(=O)Nc3ccnc(C(N)=O)c3)O[C@@](C)(C(F)(F)F)[C@H]2C)cccc1C(F)(F)F. The van der Waals surface area contributed by atoms with Gasteiger partial charge in [0, 0.05) is 29.3 Å². The second kappa shape index (κ2) is 9.02. The van der Waals surface area contributed by atoms with E-state index in [1.165, 1.54) is 12.1 Å². The number of aromatic nitrogens is 1. The lowest BCUT2D eigenvalue weighted by Crippen LogP contribution is -2.47. The lowest BCUT2D eigenvalue weighted by Gasteiger charge is -2.32. The van der Waals surface area contributed by atoms with Gasteiger partial charge in [0.2, 0.25) is 0 Å². The number of pyridine rings is 1. The molecule has 0 unspecified atom stereocenters. The van der Waals surface area contributed by atoms with Crippen molar-refractivity contribution in [3.8, 4) is 5.75 Å². The summed E-state index contributed by atoms with van der Waals surface area (Å²) in [5.74, 6) is -5.66. The molecule has 13 heteroatoms. The second-order valence-electron chi connectivity index (χ2n) is 8.17. The van der Waals surface area contributed by atoms with Crippen LogP contribution in [0.5, 0.6) is 5.75 Å². The molecule has 1 aromatic carbocycles. The summed E-state index contributed by atoms with van der Waals surface area (Å²) in [7, 11) is 0.953. The fourth-order valence-electron chi connectivity index (χ4n) is 4.15. The van der Waals surface area contributed by atoms with Gasteiger partial charge in [-0.1, -0.05) is 19.1 Å². The van der Waals surface area contributed by atoms with Crippen molar-refractivity contribution >= 4 is 17.5 Å². The van der Waals surface area contributed by atoms with Crippen LogP contribution in [0, 0.1) is 5.92 Å². The number of ether oxygens (including phenoxy) is 2. The lowest BCUT2D eigenvalue weighted by molar-refractivity contribution is -0.272. The average molecular weight is 505 g/mol. The Kier molecular flexibility index (Phi) is 6.77. The number of alkyl halides is 6. The number of methoxy groups -OCH3 is 1. The quantitative estimate of drug-likeness (QED) is 0.591. The van der Waals surface area contributed by atoms with E-state index in [0.717, 1.165) is 45.4 Å². The van der Waals surface area contributed by atoms with Gasteiger partial charge in [0.1, 0.15) is 17.5 Å². The molecule has 35 heavy (non-hydrogen) atoms. The van der Waals surface area contributed by atoms with Gasteiger partial charge in [-0.2, -0.15) is 26.3 Å². The van der Waals surface area contributed by atoms with Crippen LogP contribution < -0.4 is 15.8 Å². The van der Waals surface area contributed by atoms with Crippen LogP contribution in [0.1, 0.15) is 41.4 Å². The first-order chi connectivity index (χ1) is 16.1. The van der Waals surface area contributed by atoms with Crippen LogP contribution in [0.3, 0.4) is 0 Å². The molecular formula is C22H21F6N3O4. The van der Waals surface area contributed by atoms with Crippen molar-refractivity contribution in [3.63, 3.8) is 0 Å². The number of benzene rings is 1. The summed E-state index contributed by atoms with van der Waals surface area (Å²) >= 11 is 0. The first kappa shape index (κ1) is 26.3. The number of halogens is 6. The molecule has 7 nitrogen and oxygen atoms in total. The Morgan fingerprint density at radius 2 is 1.83 bits per heavy atom. The number of nitrogens with one attached hydrogen (secondary N) is 1. The van der Waals surface area contributed by atoms with Crippen LogP contribution in [-0.4, -0.2) is 41.8 Å². The first-order valence-electron chi connectivity index (χ1n) is 10.2. The molecule has 1 aromatic heterocycles. The zero-order valence-electron chi connectivity index (χ0n) is 18.6. The van der Waals surface area contributed by atoms with E-state index in [0.29, 0.717) is 0 Å². The third-order valence-corrected chi connectivity index (χ3v) is 6.12. The maximum Gasteiger partial charge on any atom is 0.419 e. The fourth-order valence-corrected chi connectivity index (χ4v) is 4.15. The number of anilines is 1. The fraction of sp³-hybridized carbons (Fsp3) is 0.409. The highest BCUT2D eigenvalue weighted by Gasteiger charge is 2.66. The summed E-state index contributed by atoms with van der Waals surface area (Å²) in [6.07, 6.45) is -10.5. The molecule has 0 radical (unpaired) electrons. The third-order valence-electron chi connectivity index (χ3n) is 6.12. The molecule has 1 saturated heterocycles. The Balaban J connectivity index is 2.11. The summed E-state index contributed by atoms with van der Waals surface area (Å²) in [4.78, 5) is 28.2. The molecule has 1 fully saturated rings. The topological polar surface area (TPSA) is 104 Å². The molecule has 2 heterocycles. The van der Waals surface area contributed by atoms with Crippen molar-refractivity contribution in [2.24, 2.45) is 11.7 Å². The van der Waals surface area contributed by atoms with Crippen molar-refractivity contribution in [1.82, 2.24) is 4.98 Å². The van der Waals surface area contributed by atoms with Gasteiger partial charge in [-0.15, -0.1) is 0 Å². The molecule has 3 rings (SSSR count). The van der Waals surface area contributed by atoms with Gasteiger partial charge in [0.15, 0.2) is 5.60 Å². The molecule has 2 amide bonds. The molecular weight excluding hydrogens is 484 g/mol. The van der Waals surface area contributed by atoms with Crippen LogP contribution in [0.15, 0.2) is 36.5 Å². The number of hydrogen-bond acceptors (Lipinski definition) is 5. The van der Waals surface area contributed by atoms with Gasteiger partial charge >= 0.3 is 12.4 Å². The van der Waals surface area contributed by atoms with Crippen molar-refractivity contribution in [1.29, 1.82) is 0 Å². The number of para-hydroxylation sites is 1. The van der Waals surface area contributed by atoms with Gasteiger partial charge in [-0.05, 0) is 25.1 Å². The number of carbonyl (C=O) groups excluding carboxylic acids is 2. The van der Waals surface area contributed by atoms with Crippen LogP contribution in [-0.2, 0) is 15.7 Å². The standard InChI is InChI=1S/C22H21F6N3O4/c1-10-15(12-5-4-6-13(16(12)34-3)21(23,24)25)17(35-20(10,2)22(26,27)28)19(33)31-11-7-8-30-14(9-11)18(29)32/h4-10,15,17H,1-3H3,(H2,29,32)(H,30,31,33)/t10-,15+,17-,20+/m0/s1. The Labute approximate surface area is 195 Å². The molecule has 2 aromatic rings. The number of hydrogen-bond donors (Lipinski definition) is 2. The normalized spacial score (nSPS) is 24.8. The molecule has 0 saturated carbocycles. The minimum Gasteiger partial charge on any atom is -0.496 e. The van der Waals surface area contributed by atoms with E-state index < -0.39 is 59.0 Å². The van der Waals surface area contributed by atoms with Crippen LogP contribution in [0.25, 0.3) is 0 Å². The van der Waals surface area contributed by atoms with Gasteiger partial charge in [-0.3, -0.25) is 14.6 Å². The van der Waals surface area contributed by atoms with E-state index in [4.69, 9.17) is 15.2 Å². The summed E-state index contributed by atoms with van der Waals surface area (Å²) in [5.41, 5.74) is 0.564. The molecule has 0 aliphatic carbocycles. The number of carbonyl (C=O) groups is 2. The summed E-state index contributed by atoms with van der Waals surface area (Å²) < 4.78 is 93.0. The van der Waals surface area contributed by atoms with Crippen LogP contribution in [0.2, 0.25) is 0 Å². The van der Waals surface area contributed by atoms with Crippen molar-refractivity contribution in [3.05, 3.63) is 53.3 Å². The first-order valence-corrected chi connectivity index (χ1v) is 10.2. The number of nitrogens with two attached hydrogens (primary N) is 1. The number of nitrogens with zero attached hydrogens (tertiary/aromatic N) is 1. The molecule has 0 bridgehead atoms. The Morgan fingerprint density at radius 3 is 2.37 bits per heavy atom. The third kappa shape index (κ3) is 4.77. The highest BCUT2D eigenvalue weighted by molar-refractivity contribution is 5.97. The highest BCUT2D eigenvalue weighted by Crippen LogP contribution is 2.55. The van der Waals surface area contributed by atoms with E-state index in [1.54, 1.807) is 0 Å². The van der Waals surface area contributed by atoms with E-state index in [9.17, 15) is 35.9 Å². The minimum absolute atomic E-state index is 0.0228. The predicted octanol–water partition coefficient (Wildman–Crippen LogP) is 4.29. The van der Waals surface area contributed by atoms with Crippen molar-refractivity contribution in [2.45, 2.75) is 43.8 Å². The Morgan fingerprint density at radius 1 is 1.17 bits per heavy atom. The van der Waals surface area contributed by atoms with E-state index in [1.807, 2.05) is 0 Å². The lowest BCUT2D eigenvalue weighted by atomic mass is 9.76. The predicted molar refractivity (Wildman–Crippen MR) is 111 cm³/mol. The van der Waals surface area contributed by atoms with E-state index in [2.05, 4.69) is 10.3 Å². The van der Waals surface area contributed by atoms with Crippen LogP contribution in [0.4, 0.5) is 32.0 Å². The summed E-state index contributed by atoms with van der Waals surface area (Å²) in [6, 6.07) is 5.27. The van der Waals surface area contributed by atoms with Gasteiger partial charge in [0.25, 0.3) is 11.8 Å². The highest BCUT2D eigenvalue weighted by atomic mass is 19.4. The largest absolute Gasteiger partial charge is 0.496 e. The van der Waals surface area contributed by atoms with Gasteiger partial charge in [-0.25, -0.2) is 0 Å². The summed E-state index contributed by atoms with van der Waals surface area (Å²) in [6.45, 7) is 1.87. The van der Waals surface area contributed by atoms with E-state index in [-0.39, 0.29) is 16.9 Å². The van der Waals surface area contributed by atoms with Gasteiger partial charge < -0.3 is 20.5 Å². The van der Waals surface area contributed by atoms with E-state index >= 15 is 0 Å². The maximum absolute atomic E-state index is 14.0. The summed E-state index contributed by atoms with van der Waals surface area (Å²) in [5, 5.41) is 2.33. The molecule has 1 aliphatic rings. The number of primary amides is 1. The van der Waals surface area contributed by atoms with Crippen LogP contribution >= 0.6 is 0 Å². The monoisotopic (exact) mass is 505 g/mol. The zero-order valence-corrected chi connectivity index (χ0v) is 18.6. The molecule has 0 spiro atoms. The number of rotatable bonds is 5. The molecule has 190 valence electrons. The smallest absolute Gasteiger partial charge is 0.419 e. The average Bonchev–Trinajstić information content (AvgIpc) is 3.04. The Bertz CT molecular complexity index is 1140. The maximum atomic E-state index is 14.0.